The van der Waals surface area contributed by atoms with Gasteiger partial charge in [-0.15, -0.1) is 0 Å². The lowest BCUT2D eigenvalue weighted by Gasteiger charge is -2.20. The topological polar surface area (TPSA) is 79.7 Å². The molecule has 19 heavy (non-hydrogen) atoms. The Morgan fingerprint density at radius 1 is 1.37 bits per heavy atom. The summed E-state index contributed by atoms with van der Waals surface area (Å²) >= 11 is 0. The molecule has 1 aromatic carbocycles. The molecular formula is C14H16N2O3. The van der Waals surface area contributed by atoms with E-state index in [1.165, 1.54) is 6.07 Å². The van der Waals surface area contributed by atoms with E-state index in [1.54, 1.807) is 12.1 Å². The highest BCUT2D eigenvalue weighted by atomic mass is 16.4. The zero-order valence-corrected chi connectivity index (χ0v) is 10.9. The standard InChI is InChI=1S/C14H16N2O3/c1-9-6-7-10(19-9)8-16(2)12-5-3-4-11(13(12)15)14(17)18/h3-7H,8,15H2,1-2H3,(H,17,18). The molecule has 0 amide bonds. The van der Waals surface area contributed by atoms with Crippen molar-refractivity contribution in [1.29, 1.82) is 0 Å². The third kappa shape index (κ3) is 2.70. The summed E-state index contributed by atoms with van der Waals surface area (Å²) in [5.74, 6) is 0.623. The monoisotopic (exact) mass is 260 g/mol. The summed E-state index contributed by atoms with van der Waals surface area (Å²) in [6, 6.07) is 8.74. The molecule has 2 rings (SSSR count). The van der Waals surface area contributed by atoms with Crippen LogP contribution in [0.1, 0.15) is 21.9 Å². The van der Waals surface area contributed by atoms with E-state index in [0.717, 1.165) is 11.5 Å². The number of anilines is 2. The number of aryl methyl sites for hydroxylation is 1. The molecule has 0 radical (unpaired) electrons. The van der Waals surface area contributed by atoms with Crippen molar-refractivity contribution in [2.24, 2.45) is 0 Å². The van der Waals surface area contributed by atoms with Gasteiger partial charge in [0.1, 0.15) is 11.5 Å². The van der Waals surface area contributed by atoms with Crippen LogP contribution in [0.5, 0.6) is 0 Å². The molecule has 0 spiro atoms. The Balaban J connectivity index is 2.26. The van der Waals surface area contributed by atoms with Crippen molar-refractivity contribution in [1.82, 2.24) is 0 Å². The second-order valence-electron chi connectivity index (χ2n) is 4.41. The number of rotatable bonds is 4. The molecule has 0 aliphatic carbocycles. The lowest BCUT2D eigenvalue weighted by molar-refractivity contribution is 0.0698. The van der Waals surface area contributed by atoms with Crippen LogP contribution < -0.4 is 10.6 Å². The quantitative estimate of drug-likeness (QED) is 0.826. The largest absolute Gasteiger partial charge is 0.478 e. The molecule has 5 heteroatoms. The molecule has 0 fully saturated rings. The van der Waals surface area contributed by atoms with Crippen molar-refractivity contribution in [2.45, 2.75) is 13.5 Å². The minimum absolute atomic E-state index is 0.111. The van der Waals surface area contributed by atoms with Gasteiger partial charge in [-0.05, 0) is 31.2 Å². The Kier molecular flexibility index (Phi) is 3.46. The highest BCUT2D eigenvalue weighted by Crippen LogP contribution is 2.27. The van der Waals surface area contributed by atoms with Gasteiger partial charge in [0.25, 0.3) is 0 Å². The molecule has 0 aliphatic rings. The number of para-hydroxylation sites is 1. The van der Waals surface area contributed by atoms with Crippen LogP contribution in [0.15, 0.2) is 34.7 Å². The molecule has 5 nitrogen and oxygen atoms in total. The summed E-state index contributed by atoms with van der Waals surface area (Å²) in [7, 11) is 1.84. The van der Waals surface area contributed by atoms with Crippen LogP contribution in [0, 0.1) is 6.92 Å². The lowest BCUT2D eigenvalue weighted by Crippen LogP contribution is -2.18. The van der Waals surface area contributed by atoms with Crippen LogP contribution in [-0.2, 0) is 6.54 Å². The van der Waals surface area contributed by atoms with Crippen LogP contribution >= 0.6 is 0 Å². The normalized spacial score (nSPS) is 10.4. The van der Waals surface area contributed by atoms with Gasteiger partial charge in [0, 0.05) is 7.05 Å². The van der Waals surface area contributed by atoms with Crippen molar-refractivity contribution >= 4 is 17.3 Å². The maximum Gasteiger partial charge on any atom is 0.337 e. The van der Waals surface area contributed by atoms with Crippen molar-refractivity contribution < 1.29 is 14.3 Å². The molecule has 0 aliphatic heterocycles. The van der Waals surface area contributed by atoms with Gasteiger partial charge in [-0.3, -0.25) is 0 Å². The van der Waals surface area contributed by atoms with Crippen LogP contribution in [0.4, 0.5) is 11.4 Å². The van der Waals surface area contributed by atoms with E-state index in [9.17, 15) is 4.79 Å². The number of hydrogen-bond donors (Lipinski definition) is 2. The Morgan fingerprint density at radius 2 is 2.11 bits per heavy atom. The first kappa shape index (κ1) is 13.0. The maximum absolute atomic E-state index is 11.0. The molecule has 1 heterocycles. The summed E-state index contributed by atoms with van der Waals surface area (Å²) in [5.41, 5.74) is 6.94. The van der Waals surface area contributed by atoms with E-state index in [4.69, 9.17) is 15.3 Å². The Bertz CT molecular complexity index is 604. The number of benzene rings is 1. The molecule has 0 unspecified atom stereocenters. The van der Waals surface area contributed by atoms with E-state index in [2.05, 4.69) is 0 Å². The van der Waals surface area contributed by atoms with Gasteiger partial charge >= 0.3 is 5.97 Å². The summed E-state index contributed by atoms with van der Waals surface area (Å²) < 4.78 is 5.49. The molecular weight excluding hydrogens is 244 g/mol. The van der Waals surface area contributed by atoms with E-state index < -0.39 is 5.97 Å². The first-order chi connectivity index (χ1) is 8.99. The highest BCUT2D eigenvalue weighted by Gasteiger charge is 2.14. The zero-order valence-electron chi connectivity index (χ0n) is 10.9. The molecule has 0 bridgehead atoms. The number of carbonyl (C=O) groups is 1. The summed E-state index contributed by atoms with van der Waals surface area (Å²) in [6.07, 6.45) is 0. The van der Waals surface area contributed by atoms with Crippen molar-refractivity contribution in [3.63, 3.8) is 0 Å². The van der Waals surface area contributed by atoms with Crippen molar-refractivity contribution in [3.05, 3.63) is 47.4 Å². The summed E-state index contributed by atoms with van der Waals surface area (Å²) in [6.45, 7) is 2.41. The average molecular weight is 260 g/mol. The fourth-order valence-electron chi connectivity index (χ4n) is 1.96. The molecule has 0 saturated heterocycles. The maximum atomic E-state index is 11.0. The SMILES string of the molecule is Cc1ccc(CN(C)c2cccc(C(=O)O)c2N)o1. The van der Waals surface area contributed by atoms with Crippen LogP contribution in [0.25, 0.3) is 0 Å². The number of furan rings is 1. The van der Waals surface area contributed by atoms with E-state index in [-0.39, 0.29) is 11.3 Å². The Morgan fingerprint density at radius 3 is 2.68 bits per heavy atom. The number of hydrogen-bond acceptors (Lipinski definition) is 4. The van der Waals surface area contributed by atoms with Crippen molar-refractivity contribution in [2.75, 3.05) is 17.7 Å². The second-order valence-corrected chi connectivity index (χ2v) is 4.41. The second kappa shape index (κ2) is 5.06. The third-order valence-electron chi connectivity index (χ3n) is 2.91. The van der Waals surface area contributed by atoms with Gasteiger partial charge in [0.15, 0.2) is 0 Å². The van der Waals surface area contributed by atoms with E-state index in [1.807, 2.05) is 31.0 Å². The first-order valence-electron chi connectivity index (χ1n) is 5.87. The zero-order chi connectivity index (χ0) is 14.0. The Labute approximate surface area is 111 Å². The van der Waals surface area contributed by atoms with Gasteiger partial charge in [-0.1, -0.05) is 6.07 Å². The molecule has 3 N–H and O–H groups in total. The molecule has 2 aromatic rings. The first-order valence-corrected chi connectivity index (χ1v) is 5.87. The fourth-order valence-corrected chi connectivity index (χ4v) is 1.96. The lowest BCUT2D eigenvalue weighted by atomic mass is 10.1. The van der Waals surface area contributed by atoms with Crippen molar-refractivity contribution in [3.8, 4) is 0 Å². The summed E-state index contributed by atoms with van der Waals surface area (Å²) in [4.78, 5) is 12.9. The molecule has 0 atom stereocenters. The number of nitrogens with two attached hydrogens (primary N) is 1. The minimum atomic E-state index is -1.03. The van der Waals surface area contributed by atoms with E-state index >= 15 is 0 Å². The van der Waals surface area contributed by atoms with Gasteiger partial charge in [0.2, 0.25) is 0 Å². The molecule has 100 valence electrons. The van der Waals surface area contributed by atoms with Gasteiger partial charge < -0.3 is 20.2 Å². The van der Waals surface area contributed by atoms with Crippen LogP contribution in [0.3, 0.4) is 0 Å². The van der Waals surface area contributed by atoms with Crippen LogP contribution in [0.2, 0.25) is 0 Å². The number of carboxylic acid groups (broad SMARTS) is 1. The smallest absolute Gasteiger partial charge is 0.337 e. The van der Waals surface area contributed by atoms with Gasteiger partial charge in [0.05, 0.1) is 23.5 Å². The van der Waals surface area contributed by atoms with Crippen LogP contribution in [-0.4, -0.2) is 18.1 Å². The molecule has 1 aromatic heterocycles. The number of nitrogen functional groups attached to an aromatic ring is 1. The number of nitrogens with zero attached hydrogens (tertiary/aromatic N) is 1. The third-order valence-corrected chi connectivity index (χ3v) is 2.91. The average Bonchev–Trinajstić information content (AvgIpc) is 2.74. The Hall–Kier alpha value is -2.43. The predicted molar refractivity (Wildman–Crippen MR) is 73.4 cm³/mol. The van der Waals surface area contributed by atoms with E-state index in [0.29, 0.717) is 12.2 Å². The number of aromatic carboxylic acids is 1. The minimum Gasteiger partial charge on any atom is -0.478 e. The summed E-state index contributed by atoms with van der Waals surface area (Å²) in [5, 5.41) is 9.05. The molecule has 0 saturated carbocycles. The number of carboxylic acids is 1. The van der Waals surface area contributed by atoms with Gasteiger partial charge in [-0.2, -0.15) is 0 Å². The predicted octanol–water partition coefficient (Wildman–Crippen LogP) is 2.50. The van der Waals surface area contributed by atoms with Gasteiger partial charge in [-0.25, -0.2) is 4.79 Å². The highest BCUT2D eigenvalue weighted by molar-refractivity contribution is 5.97. The fraction of sp³-hybridized carbons (Fsp3) is 0.214.